The third kappa shape index (κ3) is 4.69. The maximum atomic E-state index is 10.7. The van der Waals surface area contributed by atoms with Crippen LogP contribution in [0, 0.1) is 11.3 Å². The van der Waals surface area contributed by atoms with Gasteiger partial charge in [-0.3, -0.25) is 0 Å². The van der Waals surface area contributed by atoms with Crippen molar-refractivity contribution in [1.82, 2.24) is 14.8 Å². The largest absolute Gasteiger partial charge is 0.378 e. The van der Waals surface area contributed by atoms with Crippen molar-refractivity contribution in [2.24, 2.45) is 0 Å². The molecule has 1 aliphatic rings. The second-order valence-electron chi connectivity index (χ2n) is 10.1. The molecule has 204 valence electrons. The van der Waals surface area contributed by atoms with E-state index in [4.69, 9.17) is 26.4 Å². The van der Waals surface area contributed by atoms with Gasteiger partial charge in [-0.1, -0.05) is 84.4 Å². The number of morpholine rings is 1. The van der Waals surface area contributed by atoms with Crippen molar-refractivity contribution in [3.05, 3.63) is 120 Å². The Balaban J connectivity index is 1.55. The Labute approximate surface area is 249 Å². The smallest absolute Gasteiger partial charge is 0.164 e. The first-order valence-corrected chi connectivity index (χ1v) is 14.3. The zero-order chi connectivity index (χ0) is 28.5. The van der Waals surface area contributed by atoms with Crippen molar-refractivity contribution < 1.29 is 4.74 Å². The second-order valence-corrected chi connectivity index (χ2v) is 10.6. The van der Waals surface area contributed by atoms with Crippen LogP contribution in [0.2, 0.25) is 5.02 Å². The van der Waals surface area contributed by atoms with E-state index in [2.05, 4.69) is 35.2 Å². The molecule has 7 heteroatoms. The lowest BCUT2D eigenvalue weighted by Crippen LogP contribution is -2.36. The third-order valence-corrected chi connectivity index (χ3v) is 7.88. The minimum Gasteiger partial charge on any atom is -0.378 e. The molecular weight excluding hydrogens is 542 g/mol. The fraction of sp³-hybridized carbons (Fsp3) is 0.114. The molecule has 1 aliphatic heterocycles. The molecule has 7 rings (SSSR count). The lowest BCUT2D eigenvalue weighted by Gasteiger charge is -2.29. The Bertz CT molecular complexity index is 1910. The highest BCUT2D eigenvalue weighted by Crippen LogP contribution is 2.42. The summed E-state index contributed by atoms with van der Waals surface area (Å²) in [7, 11) is 0. The number of anilines is 1. The number of rotatable bonds is 5. The number of hydrogen-bond acceptors (Lipinski definition) is 5. The number of halogens is 1. The number of benzene rings is 4. The van der Waals surface area contributed by atoms with E-state index < -0.39 is 0 Å². The van der Waals surface area contributed by atoms with Gasteiger partial charge in [-0.25, -0.2) is 9.67 Å². The van der Waals surface area contributed by atoms with Gasteiger partial charge in [-0.05, 0) is 42.0 Å². The molecule has 6 aromatic rings. The Morgan fingerprint density at radius 1 is 0.690 bits per heavy atom. The monoisotopic (exact) mass is 567 g/mol. The summed E-state index contributed by atoms with van der Waals surface area (Å²) in [5.74, 6) is 0. The maximum absolute atomic E-state index is 10.7. The molecule has 3 heterocycles. The molecule has 0 radical (unpaired) electrons. The van der Waals surface area contributed by atoms with Crippen molar-refractivity contribution in [2.45, 2.75) is 0 Å². The standard InChI is InChI=1S/C35H26ClN5O/c36-27-15-11-26(12-16-27)33-30(23-37)31(24-13-17-28(18-14-24)40-19-21-42-22-20-40)32-34(25-7-3-1-4-8-25)39-41(35(32)38-33)29-9-5-2-6-10-29/h1-18H,19-22H2. The van der Waals surface area contributed by atoms with E-state index in [0.29, 0.717) is 21.9 Å². The minimum atomic E-state index is 0.494. The molecule has 0 amide bonds. The summed E-state index contributed by atoms with van der Waals surface area (Å²) < 4.78 is 7.43. The number of fused-ring (bicyclic) bond motifs is 1. The summed E-state index contributed by atoms with van der Waals surface area (Å²) in [5.41, 5.74) is 8.05. The molecule has 1 fully saturated rings. The molecule has 0 saturated carbocycles. The normalized spacial score (nSPS) is 13.3. The summed E-state index contributed by atoms with van der Waals surface area (Å²) in [4.78, 5) is 7.48. The first kappa shape index (κ1) is 26.0. The van der Waals surface area contributed by atoms with Gasteiger partial charge in [0.15, 0.2) is 5.65 Å². The van der Waals surface area contributed by atoms with Gasteiger partial charge >= 0.3 is 0 Å². The first-order valence-electron chi connectivity index (χ1n) is 13.9. The highest BCUT2D eigenvalue weighted by atomic mass is 35.5. The lowest BCUT2D eigenvalue weighted by atomic mass is 9.92. The Hall–Kier alpha value is -4.96. The summed E-state index contributed by atoms with van der Waals surface area (Å²) in [5, 5.41) is 17.3. The fourth-order valence-electron chi connectivity index (χ4n) is 5.57. The van der Waals surface area contributed by atoms with E-state index in [1.165, 1.54) is 0 Å². The summed E-state index contributed by atoms with van der Waals surface area (Å²) in [6.45, 7) is 3.14. The van der Waals surface area contributed by atoms with Crippen LogP contribution in [0.25, 0.3) is 50.4 Å². The van der Waals surface area contributed by atoms with E-state index in [9.17, 15) is 5.26 Å². The van der Waals surface area contributed by atoms with Crippen molar-refractivity contribution in [3.8, 4) is 45.4 Å². The molecule has 0 spiro atoms. The van der Waals surface area contributed by atoms with E-state index in [1.807, 2.05) is 89.6 Å². The van der Waals surface area contributed by atoms with Gasteiger partial charge in [0.25, 0.3) is 0 Å². The van der Waals surface area contributed by atoms with Crippen molar-refractivity contribution >= 4 is 28.3 Å². The predicted molar refractivity (Wildman–Crippen MR) is 168 cm³/mol. The third-order valence-electron chi connectivity index (χ3n) is 7.63. The van der Waals surface area contributed by atoms with Crippen LogP contribution in [-0.4, -0.2) is 41.1 Å². The number of hydrogen-bond donors (Lipinski definition) is 0. The predicted octanol–water partition coefficient (Wildman–Crippen LogP) is 7.78. The average Bonchev–Trinajstić information content (AvgIpc) is 3.45. The van der Waals surface area contributed by atoms with Crippen LogP contribution >= 0.6 is 11.6 Å². The van der Waals surface area contributed by atoms with E-state index in [1.54, 1.807) is 0 Å². The van der Waals surface area contributed by atoms with Crippen LogP contribution in [0.15, 0.2) is 109 Å². The van der Waals surface area contributed by atoms with Gasteiger partial charge in [0.1, 0.15) is 11.8 Å². The molecule has 2 aromatic heterocycles. The number of pyridine rings is 1. The van der Waals surface area contributed by atoms with Gasteiger partial charge in [-0.15, -0.1) is 0 Å². The highest BCUT2D eigenvalue weighted by molar-refractivity contribution is 6.30. The van der Waals surface area contributed by atoms with Crippen LogP contribution in [0.3, 0.4) is 0 Å². The highest BCUT2D eigenvalue weighted by Gasteiger charge is 2.26. The van der Waals surface area contributed by atoms with Crippen molar-refractivity contribution in [3.63, 3.8) is 0 Å². The van der Waals surface area contributed by atoms with Crippen molar-refractivity contribution in [1.29, 1.82) is 5.26 Å². The number of aromatic nitrogens is 3. The first-order chi connectivity index (χ1) is 20.7. The van der Waals surface area contributed by atoms with Crippen LogP contribution in [-0.2, 0) is 4.74 Å². The van der Waals surface area contributed by atoms with Crippen LogP contribution in [0.4, 0.5) is 5.69 Å². The SMILES string of the molecule is N#Cc1c(-c2ccc(Cl)cc2)nc2c(c(-c3ccccc3)nn2-c2ccccc2)c1-c1ccc(N2CCOCC2)cc1. The molecular formula is C35H26ClN5O. The van der Waals surface area contributed by atoms with Gasteiger partial charge < -0.3 is 9.64 Å². The topological polar surface area (TPSA) is 67.0 Å². The second kappa shape index (κ2) is 11.1. The van der Waals surface area contributed by atoms with Crippen molar-refractivity contribution in [2.75, 3.05) is 31.2 Å². The molecule has 0 bridgehead atoms. The fourth-order valence-corrected chi connectivity index (χ4v) is 5.70. The summed E-state index contributed by atoms with van der Waals surface area (Å²) >= 11 is 6.24. The van der Waals surface area contributed by atoms with Gasteiger partial charge in [-0.2, -0.15) is 10.4 Å². The van der Waals surface area contributed by atoms with Crippen LogP contribution in [0.5, 0.6) is 0 Å². The molecule has 1 saturated heterocycles. The molecule has 6 nitrogen and oxygen atoms in total. The molecule has 0 unspecified atom stereocenters. The Kier molecular flexibility index (Phi) is 6.89. The van der Waals surface area contributed by atoms with Crippen LogP contribution < -0.4 is 4.90 Å². The zero-order valence-electron chi connectivity index (χ0n) is 22.7. The minimum absolute atomic E-state index is 0.494. The van der Waals surface area contributed by atoms with E-state index in [0.717, 1.165) is 71.0 Å². The molecule has 0 atom stereocenters. The summed E-state index contributed by atoms with van der Waals surface area (Å²) in [6, 6.07) is 38.5. The number of para-hydroxylation sites is 1. The van der Waals surface area contributed by atoms with E-state index >= 15 is 0 Å². The quantitative estimate of drug-likeness (QED) is 0.213. The number of nitriles is 1. The summed E-state index contributed by atoms with van der Waals surface area (Å²) in [6.07, 6.45) is 0. The molecule has 42 heavy (non-hydrogen) atoms. The number of nitrogens with zero attached hydrogens (tertiary/aromatic N) is 5. The zero-order valence-corrected chi connectivity index (χ0v) is 23.5. The molecule has 0 aliphatic carbocycles. The lowest BCUT2D eigenvalue weighted by molar-refractivity contribution is 0.122. The molecule has 0 N–H and O–H groups in total. The molecule has 4 aromatic carbocycles. The Morgan fingerprint density at radius 3 is 1.98 bits per heavy atom. The van der Waals surface area contributed by atoms with Crippen LogP contribution in [0.1, 0.15) is 5.56 Å². The van der Waals surface area contributed by atoms with Gasteiger partial charge in [0, 0.05) is 40.5 Å². The van der Waals surface area contributed by atoms with Gasteiger partial charge in [0.2, 0.25) is 0 Å². The average molecular weight is 568 g/mol. The number of ether oxygens (including phenoxy) is 1. The van der Waals surface area contributed by atoms with E-state index in [-0.39, 0.29) is 0 Å². The maximum Gasteiger partial charge on any atom is 0.164 e. The Morgan fingerprint density at radius 2 is 1.31 bits per heavy atom. The van der Waals surface area contributed by atoms with Gasteiger partial charge in [0.05, 0.1) is 35.5 Å².